The van der Waals surface area contributed by atoms with Gasteiger partial charge in [-0.1, -0.05) is 31.5 Å². The first-order valence-electron chi connectivity index (χ1n) is 7.11. The SMILES string of the molecule is CCCCOC(=O)N1Cc2ccc(C(O)C(F)(F)F)cc2C1. The van der Waals surface area contributed by atoms with Crippen LogP contribution in [0.25, 0.3) is 0 Å². The number of carbonyl (C=O) groups is 1. The van der Waals surface area contributed by atoms with Crippen LogP contribution in [0.4, 0.5) is 18.0 Å². The highest BCUT2D eigenvalue weighted by Crippen LogP contribution is 2.34. The third kappa shape index (κ3) is 3.71. The number of halogens is 3. The number of rotatable bonds is 4. The third-order valence-corrected chi connectivity index (χ3v) is 3.56. The van der Waals surface area contributed by atoms with Gasteiger partial charge < -0.3 is 9.84 Å². The maximum atomic E-state index is 12.5. The van der Waals surface area contributed by atoms with Crippen LogP contribution in [0.2, 0.25) is 0 Å². The molecule has 1 atom stereocenters. The Labute approximate surface area is 126 Å². The van der Waals surface area contributed by atoms with Crippen LogP contribution in [0.15, 0.2) is 18.2 Å². The van der Waals surface area contributed by atoms with E-state index in [1.165, 1.54) is 23.1 Å². The van der Waals surface area contributed by atoms with Gasteiger partial charge in [-0.25, -0.2) is 4.79 Å². The van der Waals surface area contributed by atoms with Gasteiger partial charge in [0, 0.05) is 13.1 Å². The Morgan fingerprint density at radius 1 is 1.36 bits per heavy atom. The summed E-state index contributed by atoms with van der Waals surface area (Å²) in [6.07, 6.45) is -6.00. The number of benzene rings is 1. The van der Waals surface area contributed by atoms with Crippen LogP contribution in [-0.4, -0.2) is 28.9 Å². The van der Waals surface area contributed by atoms with Crippen molar-refractivity contribution < 1.29 is 27.8 Å². The predicted molar refractivity (Wildman–Crippen MR) is 73.0 cm³/mol. The topological polar surface area (TPSA) is 49.8 Å². The molecule has 1 aliphatic heterocycles. The zero-order chi connectivity index (χ0) is 16.3. The van der Waals surface area contributed by atoms with Gasteiger partial charge in [0.15, 0.2) is 6.10 Å². The minimum Gasteiger partial charge on any atom is -0.449 e. The monoisotopic (exact) mass is 317 g/mol. The Kier molecular flexibility index (Phi) is 4.95. The second-order valence-corrected chi connectivity index (χ2v) is 5.30. The van der Waals surface area contributed by atoms with Crippen LogP contribution in [0.1, 0.15) is 42.6 Å². The lowest BCUT2D eigenvalue weighted by Crippen LogP contribution is -2.26. The van der Waals surface area contributed by atoms with E-state index in [1.54, 1.807) is 0 Å². The van der Waals surface area contributed by atoms with Crippen molar-refractivity contribution in [1.29, 1.82) is 0 Å². The number of aliphatic hydroxyl groups is 1. The Morgan fingerprint density at radius 3 is 2.68 bits per heavy atom. The molecule has 0 saturated carbocycles. The van der Waals surface area contributed by atoms with E-state index in [0.29, 0.717) is 18.7 Å². The van der Waals surface area contributed by atoms with Crippen molar-refractivity contribution in [2.75, 3.05) is 6.61 Å². The summed E-state index contributed by atoms with van der Waals surface area (Å²) in [6.45, 7) is 2.81. The molecule has 0 bridgehead atoms. The van der Waals surface area contributed by atoms with Gasteiger partial charge in [0.25, 0.3) is 0 Å². The molecule has 22 heavy (non-hydrogen) atoms. The van der Waals surface area contributed by atoms with Gasteiger partial charge in [-0.3, -0.25) is 4.90 Å². The fourth-order valence-electron chi connectivity index (χ4n) is 2.30. The fraction of sp³-hybridized carbons (Fsp3) is 0.533. The number of nitrogens with zero attached hydrogens (tertiary/aromatic N) is 1. The molecule has 0 radical (unpaired) electrons. The highest BCUT2D eigenvalue weighted by atomic mass is 19.4. The van der Waals surface area contributed by atoms with Gasteiger partial charge in [0.2, 0.25) is 0 Å². The van der Waals surface area contributed by atoms with Crippen molar-refractivity contribution in [3.63, 3.8) is 0 Å². The summed E-state index contributed by atoms with van der Waals surface area (Å²) in [6, 6.07) is 4.05. The van der Waals surface area contributed by atoms with Gasteiger partial charge in [-0.2, -0.15) is 13.2 Å². The molecule has 122 valence electrons. The number of aliphatic hydroxyl groups excluding tert-OH is 1. The molecule has 7 heteroatoms. The molecule has 1 unspecified atom stereocenters. The summed E-state index contributed by atoms with van der Waals surface area (Å²) in [4.78, 5) is 13.3. The summed E-state index contributed by atoms with van der Waals surface area (Å²) in [5.74, 6) is 0. The van der Waals surface area contributed by atoms with Gasteiger partial charge in [-0.15, -0.1) is 0 Å². The first-order valence-corrected chi connectivity index (χ1v) is 7.11. The lowest BCUT2D eigenvalue weighted by molar-refractivity contribution is -0.206. The molecule has 2 rings (SSSR count). The molecule has 1 aromatic rings. The minimum absolute atomic E-state index is 0.193. The average Bonchev–Trinajstić information content (AvgIpc) is 2.88. The molecular weight excluding hydrogens is 299 g/mol. The van der Waals surface area contributed by atoms with Crippen LogP contribution in [0, 0.1) is 0 Å². The average molecular weight is 317 g/mol. The maximum absolute atomic E-state index is 12.5. The smallest absolute Gasteiger partial charge is 0.418 e. The highest BCUT2D eigenvalue weighted by Gasteiger charge is 2.40. The molecule has 1 heterocycles. The third-order valence-electron chi connectivity index (χ3n) is 3.56. The Balaban J connectivity index is 2.04. The number of hydrogen-bond acceptors (Lipinski definition) is 3. The summed E-state index contributed by atoms with van der Waals surface area (Å²) in [5, 5.41) is 9.28. The largest absolute Gasteiger partial charge is 0.449 e. The van der Waals surface area contributed by atoms with E-state index < -0.39 is 18.4 Å². The van der Waals surface area contributed by atoms with Crippen LogP contribution in [-0.2, 0) is 17.8 Å². The number of carbonyl (C=O) groups excluding carboxylic acids is 1. The highest BCUT2D eigenvalue weighted by molar-refractivity contribution is 5.68. The van der Waals surface area contributed by atoms with Crippen LogP contribution < -0.4 is 0 Å². The quantitative estimate of drug-likeness (QED) is 0.864. The molecule has 4 nitrogen and oxygen atoms in total. The first-order chi connectivity index (χ1) is 10.3. The van der Waals surface area contributed by atoms with E-state index in [2.05, 4.69) is 0 Å². The van der Waals surface area contributed by atoms with E-state index in [-0.39, 0.29) is 12.1 Å². The second kappa shape index (κ2) is 6.56. The van der Waals surface area contributed by atoms with E-state index >= 15 is 0 Å². The van der Waals surface area contributed by atoms with Gasteiger partial charge in [0.05, 0.1) is 6.61 Å². The lowest BCUT2D eigenvalue weighted by Gasteiger charge is -2.15. The summed E-state index contributed by atoms with van der Waals surface area (Å²) < 4.78 is 42.7. The van der Waals surface area contributed by atoms with Gasteiger partial charge >= 0.3 is 12.3 Å². The summed E-state index contributed by atoms with van der Waals surface area (Å²) >= 11 is 0. The summed E-state index contributed by atoms with van der Waals surface area (Å²) in [7, 11) is 0. The van der Waals surface area contributed by atoms with Crippen LogP contribution in [0.3, 0.4) is 0 Å². The Bertz CT molecular complexity index is 545. The molecule has 1 aromatic carbocycles. The minimum atomic E-state index is -4.70. The van der Waals surface area contributed by atoms with Crippen molar-refractivity contribution >= 4 is 6.09 Å². The number of unbranched alkanes of at least 4 members (excludes halogenated alkanes) is 1. The molecule has 0 aromatic heterocycles. The van der Waals surface area contributed by atoms with Crippen molar-refractivity contribution in [2.24, 2.45) is 0 Å². The van der Waals surface area contributed by atoms with E-state index in [4.69, 9.17) is 4.74 Å². The summed E-state index contributed by atoms with van der Waals surface area (Å²) in [5.41, 5.74) is 1.16. The Hall–Kier alpha value is -1.76. The molecule has 0 saturated heterocycles. The number of hydrogen-bond donors (Lipinski definition) is 1. The van der Waals surface area contributed by atoms with E-state index in [1.807, 2.05) is 6.92 Å². The zero-order valence-corrected chi connectivity index (χ0v) is 12.2. The molecular formula is C15H18F3NO3. The maximum Gasteiger partial charge on any atom is 0.418 e. The number of ether oxygens (including phenoxy) is 1. The molecule has 0 aliphatic carbocycles. The standard InChI is InChI=1S/C15H18F3NO3/c1-2-3-6-22-14(21)19-8-11-5-4-10(7-12(11)9-19)13(20)15(16,17)18/h4-5,7,13,20H,2-3,6,8-9H2,1H3. The van der Waals surface area contributed by atoms with Gasteiger partial charge in [-0.05, 0) is 23.1 Å². The van der Waals surface area contributed by atoms with Crippen molar-refractivity contribution in [2.45, 2.75) is 45.1 Å². The van der Waals surface area contributed by atoms with Crippen LogP contribution >= 0.6 is 0 Å². The second-order valence-electron chi connectivity index (χ2n) is 5.30. The fourth-order valence-corrected chi connectivity index (χ4v) is 2.30. The van der Waals surface area contributed by atoms with Crippen molar-refractivity contribution in [3.05, 3.63) is 34.9 Å². The Morgan fingerprint density at radius 2 is 2.05 bits per heavy atom. The molecule has 1 amide bonds. The molecule has 1 N–H and O–H groups in total. The first kappa shape index (κ1) is 16.6. The van der Waals surface area contributed by atoms with E-state index in [0.717, 1.165) is 18.4 Å². The number of fused-ring (bicyclic) bond motifs is 1. The van der Waals surface area contributed by atoms with Crippen LogP contribution in [0.5, 0.6) is 0 Å². The van der Waals surface area contributed by atoms with E-state index in [9.17, 15) is 23.1 Å². The molecule has 0 fully saturated rings. The molecule has 1 aliphatic rings. The normalized spacial score (nSPS) is 15.6. The van der Waals surface area contributed by atoms with Crippen molar-refractivity contribution in [3.8, 4) is 0 Å². The number of amides is 1. The molecule has 0 spiro atoms. The zero-order valence-electron chi connectivity index (χ0n) is 12.2. The number of alkyl halides is 3. The van der Waals surface area contributed by atoms with Crippen molar-refractivity contribution in [1.82, 2.24) is 4.90 Å². The lowest BCUT2D eigenvalue weighted by atomic mass is 10.0. The predicted octanol–water partition coefficient (Wildman–Crippen LogP) is 3.53. The van der Waals surface area contributed by atoms with Gasteiger partial charge in [0.1, 0.15) is 0 Å².